The highest BCUT2D eigenvalue weighted by Gasteiger charge is 2.18. The molecule has 0 aliphatic carbocycles. The molecule has 1 aromatic carbocycles. The molecule has 1 heterocycles. The molecule has 20 heavy (non-hydrogen) atoms. The molecular weight excluding hydrogens is 342 g/mol. The summed E-state index contributed by atoms with van der Waals surface area (Å²) in [6.07, 6.45) is 1.96. The van der Waals surface area contributed by atoms with Gasteiger partial charge < -0.3 is 9.73 Å². The molecule has 4 nitrogen and oxygen atoms in total. The Labute approximate surface area is 132 Å². The van der Waals surface area contributed by atoms with Crippen molar-refractivity contribution in [3.63, 3.8) is 0 Å². The minimum absolute atomic E-state index is 0.0853. The second-order valence-corrected chi connectivity index (χ2v) is 5.81. The zero-order valence-corrected chi connectivity index (χ0v) is 13.8. The van der Waals surface area contributed by atoms with Gasteiger partial charge in [0.25, 0.3) is 0 Å². The molecule has 0 saturated carbocycles. The largest absolute Gasteiger partial charge is 0.419 e. The Balaban J connectivity index is 2.25. The molecule has 1 atom stereocenters. The van der Waals surface area contributed by atoms with Crippen molar-refractivity contribution < 1.29 is 4.42 Å². The van der Waals surface area contributed by atoms with Gasteiger partial charge in [0.15, 0.2) is 0 Å². The Morgan fingerprint density at radius 3 is 2.85 bits per heavy atom. The van der Waals surface area contributed by atoms with Crippen molar-refractivity contribution in [3.05, 3.63) is 33.6 Å². The predicted octanol–water partition coefficient (Wildman–Crippen LogP) is 4.60. The molecule has 1 aromatic heterocycles. The standard InChI is InChI=1S/C14H17BrClN3O/c1-3-7-17-12(4-2)14-19-18-13(20-14)10-8-9(15)5-6-11(10)16/h5-6,8,12,17H,3-4,7H2,1-2H3. The van der Waals surface area contributed by atoms with Gasteiger partial charge in [-0.2, -0.15) is 0 Å². The lowest BCUT2D eigenvalue weighted by atomic mass is 10.2. The summed E-state index contributed by atoms with van der Waals surface area (Å²) in [5.74, 6) is 1.05. The molecule has 0 aliphatic heterocycles. The van der Waals surface area contributed by atoms with Crippen LogP contribution in [0.25, 0.3) is 11.5 Å². The van der Waals surface area contributed by atoms with Crippen LogP contribution in [0.3, 0.4) is 0 Å². The summed E-state index contributed by atoms with van der Waals surface area (Å²) in [4.78, 5) is 0. The molecule has 0 radical (unpaired) electrons. The molecule has 0 amide bonds. The third-order valence-corrected chi connectivity index (χ3v) is 3.77. The quantitative estimate of drug-likeness (QED) is 0.819. The number of aromatic nitrogens is 2. The van der Waals surface area contributed by atoms with Crippen LogP contribution < -0.4 is 5.32 Å². The van der Waals surface area contributed by atoms with Gasteiger partial charge in [-0.15, -0.1) is 10.2 Å². The molecule has 1 unspecified atom stereocenters. The van der Waals surface area contributed by atoms with E-state index in [1.54, 1.807) is 6.07 Å². The number of rotatable bonds is 6. The average molecular weight is 359 g/mol. The van der Waals surface area contributed by atoms with E-state index in [1.807, 2.05) is 12.1 Å². The van der Waals surface area contributed by atoms with E-state index in [-0.39, 0.29) is 6.04 Å². The maximum Gasteiger partial charge on any atom is 0.249 e. The molecule has 0 spiro atoms. The highest BCUT2D eigenvalue weighted by atomic mass is 79.9. The predicted molar refractivity (Wildman–Crippen MR) is 83.8 cm³/mol. The molecule has 6 heteroatoms. The Kier molecular flexibility index (Phi) is 5.57. The van der Waals surface area contributed by atoms with Gasteiger partial charge in [-0.1, -0.05) is 41.4 Å². The normalized spacial score (nSPS) is 12.6. The van der Waals surface area contributed by atoms with Gasteiger partial charge in [-0.05, 0) is 37.6 Å². The molecule has 1 N–H and O–H groups in total. The minimum Gasteiger partial charge on any atom is -0.419 e. The van der Waals surface area contributed by atoms with Crippen molar-refractivity contribution in [2.75, 3.05) is 6.54 Å². The fraction of sp³-hybridized carbons (Fsp3) is 0.429. The summed E-state index contributed by atoms with van der Waals surface area (Å²) in [6.45, 7) is 5.14. The second kappa shape index (κ2) is 7.20. The number of halogens is 2. The van der Waals surface area contributed by atoms with Gasteiger partial charge in [-0.3, -0.25) is 0 Å². The Morgan fingerprint density at radius 2 is 2.15 bits per heavy atom. The van der Waals surface area contributed by atoms with E-state index < -0.39 is 0 Å². The van der Waals surface area contributed by atoms with Crippen LogP contribution in [0.2, 0.25) is 5.02 Å². The van der Waals surface area contributed by atoms with Crippen molar-refractivity contribution in [2.45, 2.75) is 32.7 Å². The van der Waals surface area contributed by atoms with E-state index in [2.05, 4.69) is 45.3 Å². The summed E-state index contributed by atoms with van der Waals surface area (Å²) in [7, 11) is 0. The number of hydrogen-bond donors (Lipinski definition) is 1. The molecule has 0 fully saturated rings. The van der Waals surface area contributed by atoms with Gasteiger partial charge in [-0.25, -0.2) is 0 Å². The third-order valence-electron chi connectivity index (χ3n) is 2.95. The van der Waals surface area contributed by atoms with Gasteiger partial charge in [0.2, 0.25) is 11.8 Å². The van der Waals surface area contributed by atoms with E-state index in [1.165, 1.54) is 0 Å². The zero-order valence-electron chi connectivity index (χ0n) is 11.5. The number of nitrogens with one attached hydrogen (secondary N) is 1. The third kappa shape index (κ3) is 3.59. The Morgan fingerprint density at radius 1 is 1.35 bits per heavy atom. The molecule has 108 valence electrons. The van der Waals surface area contributed by atoms with E-state index >= 15 is 0 Å². The van der Waals surface area contributed by atoms with Crippen LogP contribution in [0.4, 0.5) is 0 Å². The van der Waals surface area contributed by atoms with E-state index in [9.17, 15) is 0 Å². The summed E-state index contributed by atoms with van der Waals surface area (Å²) < 4.78 is 6.69. The second-order valence-electron chi connectivity index (χ2n) is 4.48. The van der Waals surface area contributed by atoms with Crippen molar-refractivity contribution in [1.82, 2.24) is 15.5 Å². The van der Waals surface area contributed by atoms with Crippen molar-refractivity contribution in [2.24, 2.45) is 0 Å². The van der Waals surface area contributed by atoms with Crippen LogP contribution in [-0.4, -0.2) is 16.7 Å². The van der Waals surface area contributed by atoms with E-state index in [0.29, 0.717) is 16.8 Å². The summed E-state index contributed by atoms with van der Waals surface area (Å²) in [6, 6.07) is 5.64. The van der Waals surface area contributed by atoms with E-state index in [4.69, 9.17) is 16.0 Å². The van der Waals surface area contributed by atoms with Crippen molar-refractivity contribution >= 4 is 27.5 Å². The van der Waals surface area contributed by atoms with Crippen LogP contribution in [0.1, 0.15) is 38.6 Å². The highest BCUT2D eigenvalue weighted by Crippen LogP contribution is 2.30. The summed E-state index contributed by atoms with van der Waals surface area (Å²) in [5.41, 5.74) is 0.741. The van der Waals surface area contributed by atoms with Crippen molar-refractivity contribution in [3.8, 4) is 11.5 Å². The van der Waals surface area contributed by atoms with Crippen LogP contribution in [0.5, 0.6) is 0 Å². The lowest BCUT2D eigenvalue weighted by molar-refractivity contribution is 0.396. The molecule has 2 aromatic rings. The first-order chi connectivity index (χ1) is 9.65. The van der Waals surface area contributed by atoms with Crippen LogP contribution in [-0.2, 0) is 0 Å². The first-order valence-electron chi connectivity index (χ1n) is 6.67. The Bertz CT molecular complexity index is 573. The number of benzene rings is 1. The maximum atomic E-state index is 6.17. The molecule has 0 aliphatic rings. The molecular formula is C14H17BrClN3O. The van der Waals surface area contributed by atoms with Gasteiger partial charge >= 0.3 is 0 Å². The average Bonchev–Trinajstić information content (AvgIpc) is 2.92. The smallest absolute Gasteiger partial charge is 0.249 e. The Hall–Kier alpha value is -0.910. The monoisotopic (exact) mass is 357 g/mol. The van der Waals surface area contributed by atoms with Crippen LogP contribution in [0.15, 0.2) is 27.1 Å². The molecule has 0 bridgehead atoms. The minimum atomic E-state index is 0.0853. The summed E-state index contributed by atoms with van der Waals surface area (Å²) in [5, 5.41) is 12.2. The van der Waals surface area contributed by atoms with Gasteiger partial charge in [0, 0.05) is 4.47 Å². The SMILES string of the molecule is CCCNC(CC)c1nnc(-c2cc(Br)ccc2Cl)o1. The maximum absolute atomic E-state index is 6.17. The fourth-order valence-electron chi connectivity index (χ4n) is 1.87. The summed E-state index contributed by atoms with van der Waals surface area (Å²) >= 11 is 9.59. The molecule has 2 rings (SSSR count). The topological polar surface area (TPSA) is 51.0 Å². The lowest BCUT2D eigenvalue weighted by Gasteiger charge is -2.11. The van der Waals surface area contributed by atoms with Crippen molar-refractivity contribution in [1.29, 1.82) is 0 Å². The van der Waals surface area contributed by atoms with Crippen LogP contribution >= 0.6 is 27.5 Å². The first kappa shape index (κ1) is 15.5. The zero-order chi connectivity index (χ0) is 14.5. The first-order valence-corrected chi connectivity index (χ1v) is 7.85. The van der Waals surface area contributed by atoms with Crippen LogP contribution in [0, 0.1) is 0 Å². The number of hydrogen-bond acceptors (Lipinski definition) is 4. The highest BCUT2D eigenvalue weighted by molar-refractivity contribution is 9.10. The van der Waals surface area contributed by atoms with Gasteiger partial charge in [0.1, 0.15) is 0 Å². The van der Waals surface area contributed by atoms with Gasteiger partial charge in [0.05, 0.1) is 16.6 Å². The molecule has 0 saturated heterocycles. The fourth-order valence-corrected chi connectivity index (χ4v) is 2.43. The lowest BCUT2D eigenvalue weighted by Crippen LogP contribution is -2.21. The van der Waals surface area contributed by atoms with E-state index in [0.717, 1.165) is 29.4 Å². The number of nitrogens with zero attached hydrogens (tertiary/aromatic N) is 2.